The fraction of sp³-hybridized carbons (Fsp3) is 0.758. The minimum Gasteiger partial charge on any atom is -0.355 e. The van der Waals surface area contributed by atoms with E-state index in [-0.39, 0.29) is 67.1 Å². The number of rotatable bonds is 9. The second-order valence-corrected chi connectivity index (χ2v) is 14.0. The molecule has 0 aromatic heterocycles. The maximum Gasteiger partial charge on any atom is 0.320 e. The molecule has 1 N–H and O–H groups in total. The highest BCUT2D eigenvalue weighted by molar-refractivity contribution is 5.79. The molecule has 5 fully saturated rings. The summed E-state index contributed by atoms with van der Waals surface area (Å²) in [6.07, 6.45) is 4.97. The summed E-state index contributed by atoms with van der Waals surface area (Å²) in [5.41, 5.74) is 0.886. The first-order chi connectivity index (χ1) is 20.6. The van der Waals surface area contributed by atoms with Gasteiger partial charge in [-0.2, -0.15) is 0 Å². The monoisotopic (exact) mass is 602 g/mol. The maximum atomic E-state index is 13.7. The Morgan fingerprint density at radius 2 is 1.67 bits per heavy atom. The largest absolute Gasteiger partial charge is 0.355 e. The Kier molecular flexibility index (Phi) is 9.00. The number of urea groups is 1. The molecule has 6 rings (SSSR count). The van der Waals surface area contributed by atoms with Crippen LogP contribution in [0, 0.1) is 11.8 Å². The number of carbonyl (C=O) groups is 2. The van der Waals surface area contributed by atoms with Crippen molar-refractivity contribution in [3.63, 3.8) is 0 Å². The summed E-state index contributed by atoms with van der Waals surface area (Å²) < 4.78 is 38.5. The molecule has 238 valence electrons. The molecule has 3 amide bonds. The second kappa shape index (κ2) is 12.6. The van der Waals surface area contributed by atoms with E-state index in [1.165, 1.54) is 0 Å². The minimum atomic E-state index is -2.65. The molecule has 0 radical (unpaired) electrons. The molecule has 4 aliphatic heterocycles. The number of halogens is 2. The van der Waals surface area contributed by atoms with Gasteiger partial charge in [-0.3, -0.25) is 9.69 Å². The summed E-state index contributed by atoms with van der Waals surface area (Å²) >= 11 is 0. The van der Waals surface area contributed by atoms with E-state index in [1.807, 2.05) is 35.2 Å². The van der Waals surface area contributed by atoms with Crippen LogP contribution < -0.4 is 5.32 Å². The first kappa shape index (κ1) is 30.7. The molecule has 10 heteroatoms. The van der Waals surface area contributed by atoms with Gasteiger partial charge in [0.05, 0.1) is 24.8 Å². The van der Waals surface area contributed by atoms with Crippen molar-refractivity contribution in [1.82, 2.24) is 20.0 Å². The minimum absolute atomic E-state index is 0.101. The van der Waals surface area contributed by atoms with Gasteiger partial charge in [0.2, 0.25) is 11.8 Å². The Labute approximate surface area is 254 Å². The van der Waals surface area contributed by atoms with Crippen LogP contribution in [0.3, 0.4) is 0 Å². The predicted molar refractivity (Wildman–Crippen MR) is 159 cm³/mol. The van der Waals surface area contributed by atoms with Gasteiger partial charge in [0.15, 0.2) is 0 Å². The number of nitrogens with one attached hydrogen (secondary N) is 1. The van der Waals surface area contributed by atoms with E-state index in [9.17, 15) is 18.4 Å². The van der Waals surface area contributed by atoms with Gasteiger partial charge >= 0.3 is 6.03 Å². The molecule has 1 spiro atoms. The Morgan fingerprint density at radius 3 is 2.30 bits per heavy atom. The average molecular weight is 603 g/mol. The number of nitrogens with zero attached hydrogens (tertiary/aromatic N) is 3. The van der Waals surface area contributed by atoms with E-state index in [1.54, 1.807) is 0 Å². The number of hydrogen-bond acceptors (Lipinski definition) is 5. The van der Waals surface area contributed by atoms with Gasteiger partial charge in [0.1, 0.15) is 6.79 Å². The van der Waals surface area contributed by atoms with E-state index in [0.717, 1.165) is 50.8 Å². The average Bonchev–Trinajstić information content (AvgIpc) is 3.39. The van der Waals surface area contributed by atoms with Crippen LogP contribution in [0.15, 0.2) is 30.3 Å². The molecular formula is C33H48F2N4O4. The van der Waals surface area contributed by atoms with Gasteiger partial charge < -0.3 is 24.6 Å². The van der Waals surface area contributed by atoms with Crippen molar-refractivity contribution in [2.45, 2.75) is 107 Å². The fourth-order valence-corrected chi connectivity index (χ4v) is 8.70. The molecule has 3 atom stereocenters. The van der Waals surface area contributed by atoms with Crippen LogP contribution in [0.25, 0.3) is 0 Å². The van der Waals surface area contributed by atoms with Gasteiger partial charge in [-0.1, -0.05) is 30.3 Å². The van der Waals surface area contributed by atoms with Crippen molar-refractivity contribution >= 4 is 11.9 Å². The standard InChI is InChI=1S/C33H48F2N4O4/c1-23(2)39-31(41)37(18-24-19-42-22-43-20-24)21-32(39)16-27-8-9-28(17-32)38(27)15-12-29(25-6-4-3-5-7-25)36-30(40)26-10-13-33(34,35)14-11-26/h3-7,23-24,26-29H,8-22H2,1-2H3,(H,36,40)/t27?,28?,29-,32?/m0/s1. The number of hydrogen-bond donors (Lipinski definition) is 1. The number of alkyl halides is 2. The highest BCUT2D eigenvalue weighted by Gasteiger charge is 2.57. The molecule has 4 heterocycles. The Bertz CT molecular complexity index is 1110. The number of benzene rings is 1. The van der Waals surface area contributed by atoms with Crippen LogP contribution >= 0.6 is 0 Å². The lowest BCUT2D eigenvalue weighted by molar-refractivity contribution is -0.130. The summed E-state index contributed by atoms with van der Waals surface area (Å²) in [4.78, 5) is 33.8. The quantitative estimate of drug-likeness (QED) is 0.421. The predicted octanol–water partition coefficient (Wildman–Crippen LogP) is 5.19. The molecule has 1 aromatic carbocycles. The van der Waals surface area contributed by atoms with Crippen molar-refractivity contribution in [3.8, 4) is 0 Å². The molecule has 5 aliphatic rings. The van der Waals surface area contributed by atoms with E-state index >= 15 is 0 Å². The normalized spacial score (nSPS) is 30.9. The number of fused-ring (bicyclic) bond motifs is 2. The van der Waals surface area contributed by atoms with Crippen LogP contribution in [-0.4, -0.2) is 95.9 Å². The Balaban J connectivity index is 1.12. The number of carbonyl (C=O) groups excluding carboxylic acids is 2. The van der Waals surface area contributed by atoms with Gasteiger partial charge in [0, 0.05) is 62.4 Å². The Morgan fingerprint density at radius 1 is 1.02 bits per heavy atom. The summed E-state index contributed by atoms with van der Waals surface area (Å²) in [5.74, 6) is -2.90. The molecular weight excluding hydrogens is 554 g/mol. The lowest BCUT2D eigenvalue weighted by Gasteiger charge is -2.49. The van der Waals surface area contributed by atoms with Gasteiger partial charge in [-0.15, -0.1) is 0 Å². The molecule has 8 nitrogen and oxygen atoms in total. The summed E-state index contributed by atoms with van der Waals surface area (Å²) in [5, 5.41) is 3.25. The van der Waals surface area contributed by atoms with E-state index in [0.29, 0.717) is 38.6 Å². The van der Waals surface area contributed by atoms with Crippen molar-refractivity contribution in [2.24, 2.45) is 11.8 Å². The summed E-state index contributed by atoms with van der Waals surface area (Å²) in [7, 11) is 0. The molecule has 2 unspecified atom stereocenters. The van der Waals surface area contributed by atoms with Gasteiger partial charge in [-0.25, -0.2) is 13.6 Å². The SMILES string of the molecule is CC(C)N1C(=O)N(CC2COCOC2)CC12CC1CCC(C2)N1CC[C@H](NC(=O)C1CCC(F)(F)CC1)c1ccccc1. The van der Waals surface area contributed by atoms with Crippen LogP contribution in [0.1, 0.15) is 83.2 Å². The molecule has 1 saturated carbocycles. The van der Waals surface area contributed by atoms with E-state index in [2.05, 4.69) is 29.0 Å². The van der Waals surface area contributed by atoms with Crippen molar-refractivity contribution in [2.75, 3.05) is 39.6 Å². The van der Waals surface area contributed by atoms with Gasteiger partial charge in [-0.05, 0) is 64.4 Å². The van der Waals surface area contributed by atoms with Gasteiger partial charge in [0.25, 0.3) is 0 Å². The first-order valence-electron chi connectivity index (χ1n) is 16.4. The maximum absolute atomic E-state index is 13.7. The van der Waals surface area contributed by atoms with E-state index in [4.69, 9.17) is 9.47 Å². The van der Waals surface area contributed by atoms with Crippen LogP contribution in [0.4, 0.5) is 13.6 Å². The third kappa shape index (κ3) is 6.57. The number of ether oxygens (including phenoxy) is 2. The first-order valence-corrected chi connectivity index (χ1v) is 16.4. The third-order valence-corrected chi connectivity index (χ3v) is 10.6. The molecule has 1 aromatic rings. The molecule has 2 bridgehead atoms. The van der Waals surface area contributed by atoms with Crippen LogP contribution in [0.5, 0.6) is 0 Å². The van der Waals surface area contributed by atoms with Crippen molar-refractivity contribution in [3.05, 3.63) is 35.9 Å². The molecule has 43 heavy (non-hydrogen) atoms. The third-order valence-electron chi connectivity index (χ3n) is 10.6. The highest BCUT2D eigenvalue weighted by atomic mass is 19.3. The van der Waals surface area contributed by atoms with Crippen molar-refractivity contribution < 1.29 is 27.8 Å². The lowest BCUT2D eigenvalue weighted by atomic mass is 9.81. The fourth-order valence-electron chi connectivity index (χ4n) is 8.70. The topological polar surface area (TPSA) is 74.4 Å². The lowest BCUT2D eigenvalue weighted by Crippen LogP contribution is -2.60. The van der Waals surface area contributed by atoms with Crippen molar-refractivity contribution in [1.29, 1.82) is 0 Å². The zero-order valence-corrected chi connectivity index (χ0v) is 25.7. The van der Waals surface area contributed by atoms with E-state index < -0.39 is 5.92 Å². The smallest absolute Gasteiger partial charge is 0.320 e. The number of amides is 3. The van der Waals surface area contributed by atoms with Crippen LogP contribution in [-0.2, 0) is 14.3 Å². The molecule has 1 aliphatic carbocycles. The Hall–Kier alpha value is -2.30. The number of piperidine rings is 1. The zero-order valence-electron chi connectivity index (χ0n) is 25.7. The summed E-state index contributed by atoms with van der Waals surface area (Å²) in [6.45, 7) is 8.12. The highest BCUT2D eigenvalue weighted by Crippen LogP contribution is 2.48. The second-order valence-electron chi connectivity index (χ2n) is 14.0. The van der Waals surface area contributed by atoms with Crippen LogP contribution in [0.2, 0.25) is 0 Å². The zero-order chi connectivity index (χ0) is 30.2. The summed E-state index contributed by atoms with van der Waals surface area (Å²) in [6, 6.07) is 10.9. The molecule has 4 saturated heterocycles.